The Bertz CT molecular complexity index is 3020. The van der Waals surface area contributed by atoms with Crippen molar-refractivity contribution in [3.63, 3.8) is 0 Å². The smallest absolute Gasteiger partial charge is 0.238 e. The van der Waals surface area contributed by atoms with E-state index >= 15 is 0 Å². The van der Waals surface area contributed by atoms with E-state index < -0.39 is 0 Å². The third-order valence-corrected chi connectivity index (χ3v) is 10.1. The molecule has 0 aliphatic heterocycles. The summed E-state index contributed by atoms with van der Waals surface area (Å²) < 4.78 is 4.51. The largest absolute Gasteiger partial charge is 0.308 e. The molecule has 5 aromatic heterocycles. The Hall–Kier alpha value is -7.65. The first-order valence-corrected chi connectivity index (χ1v) is 18.5. The molecule has 266 valence electrons. The van der Waals surface area contributed by atoms with E-state index in [9.17, 15) is 0 Å². The van der Waals surface area contributed by atoms with Gasteiger partial charge in [-0.05, 0) is 32.1 Å². The average Bonchev–Trinajstić information content (AvgIpc) is 3.79. The lowest BCUT2D eigenvalue weighted by atomic mass is 10.1. The van der Waals surface area contributed by atoms with Gasteiger partial charge >= 0.3 is 0 Å². The van der Waals surface area contributed by atoms with Crippen molar-refractivity contribution >= 4 is 49.3 Å². The molecule has 56 heavy (non-hydrogen) atoms. The maximum atomic E-state index is 5.21. The van der Waals surface area contributed by atoms with Crippen molar-refractivity contribution in [1.29, 1.82) is 0 Å². The van der Waals surface area contributed by atoms with E-state index in [1.807, 2.05) is 67.6 Å². The number of hydrogen-bond donors (Lipinski definition) is 0. The fourth-order valence-corrected chi connectivity index (χ4v) is 7.53. The van der Waals surface area contributed by atoms with Crippen molar-refractivity contribution in [3.05, 3.63) is 164 Å². The van der Waals surface area contributed by atoms with E-state index in [0.717, 1.165) is 60.4 Å². The van der Waals surface area contributed by atoms with E-state index in [4.69, 9.17) is 34.9 Å². The van der Waals surface area contributed by atoms with Gasteiger partial charge in [0, 0.05) is 63.2 Å². The van der Waals surface area contributed by atoms with Gasteiger partial charge in [0.15, 0.2) is 23.3 Å². The molecule has 9 heteroatoms. The zero-order valence-corrected chi connectivity index (χ0v) is 30.6. The number of benzene rings is 5. The van der Waals surface area contributed by atoms with Crippen LogP contribution in [0.4, 0.5) is 0 Å². The molecule has 0 fully saturated rings. The second kappa shape index (κ2) is 13.6. The zero-order valence-electron chi connectivity index (χ0n) is 30.6. The van der Waals surface area contributed by atoms with Crippen molar-refractivity contribution in [1.82, 2.24) is 44.0 Å². The van der Waals surface area contributed by atoms with E-state index in [-0.39, 0.29) is 0 Å². The Kier molecular flexibility index (Phi) is 8.03. The van der Waals surface area contributed by atoms with Crippen LogP contribution in [0.15, 0.2) is 164 Å². The molecule has 0 saturated heterocycles. The highest BCUT2D eigenvalue weighted by molar-refractivity contribution is 6.24. The molecular formula is C47H33N9. The van der Waals surface area contributed by atoms with Gasteiger partial charge in [-0.25, -0.2) is 24.9 Å². The zero-order chi connectivity index (χ0) is 37.6. The SMILES string of the molecule is C/C=C\C(=C/C)n1c2ccccc2c2ccc3c4ccccc4n(-c4nc(-c5cnc(-c6ccccc6)nc5)nc(-c5cnc(-c6ccccc6)nc5)n4)c3c21. The van der Waals surface area contributed by atoms with Crippen molar-refractivity contribution in [2.45, 2.75) is 13.8 Å². The first-order chi connectivity index (χ1) is 27.7. The molecule has 0 atom stereocenters. The second-order valence-electron chi connectivity index (χ2n) is 13.4. The normalized spacial score (nSPS) is 12.1. The van der Waals surface area contributed by atoms with Crippen LogP contribution in [0.2, 0.25) is 0 Å². The number of allylic oxidation sites excluding steroid dienone is 4. The fourth-order valence-electron chi connectivity index (χ4n) is 7.53. The molecular weight excluding hydrogens is 691 g/mol. The first kappa shape index (κ1) is 33.0. The van der Waals surface area contributed by atoms with Gasteiger partial charge in [-0.2, -0.15) is 9.97 Å². The van der Waals surface area contributed by atoms with E-state index in [1.165, 1.54) is 0 Å². The highest BCUT2D eigenvalue weighted by atomic mass is 15.2. The maximum Gasteiger partial charge on any atom is 0.238 e. The summed E-state index contributed by atoms with van der Waals surface area (Å²) in [6, 6.07) is 41.2. The molecule has 5 aromatic carbocycles. The second-order valence-corrected chi connectivity index (χ2v) is 13.4. The molecule has 0 unspecified atom stereocenters. The molecule has 0 amide bonds. The van der Waals surface area contributed by atoms with Crippen molar-refractivity contribution in [3.8, 4) is 51.5 Å². The Balaban J connectivity index is 1.27. The van der Waals surface area contributed by atoms with Crippen LogP contribution < -0.4 is 0 Å². The molecule has 0 aliphatic carbocycles. The lowest BCUT2D eigenvalue weighted by Crippen LogP contribution is -2.08. The minimum atomic E-state index is 0.429. The highest BCUT2D eigenvalue weighted by Crippen LogP contribution is 2.41. The summed E-state index contributed by atoms with van der Waals surface area (Å²) in [5, 5.41) is 4.46. The molecule has 0 bridgehead atoms. The van der Waals surface area contributed by atoms with Crippen molar-refractivity contribution in [2.75, 3.05) is 0 Å². The van der Waals surface area contributed by atoms with Crippen LogP contribution in [-0.4, -0.2) is 44.0 Å². The Morgan fingerprint density at radius 3 is 1.46 bits per heavy atom. The number of rotatable bonds is 7. The molecule has 5 heterocycles. The van der Waals surface area contributed by atoms with E-state index in [2.05, 4.69) is 94.9 Å². The van der Waals surface area contributed by atoms with Crippen LogP contribution in [0.1, 0.15) is 13.8 Å². The van der Waals surface area contributed by atoms with Gasteiger partial charge in [0.05, 0.1) is 33.2 Å². The molecule has 0 spiro atoms. The highest BCUT2D eigenvalue weighted by Gasteiger charge is 2.24. The van der Waals surface area contributed by atoms with Crippen LogP contribution in [0.25, 0.3) is 101 Å². The van der Waals surface area contributed by atoms with Gasteiger partial charge in [0.2, 0.25) is 5.95 Å². The summed E-state index contributed by atoms with van der Waals surface area (Å²) in [6.07, 6.45) is 13.4. The predicted molar refractivity (Wildman–Crippen MR) is 225 cm³/mol. The standard InChI is InChI=1S/C47H33N9/c1-3-15-34(4-2)55-39-22-13-11-20-35(39)37-24-25-38-36-21-12-14-23-40(36)56(42(38)41(37)55)47-53-45(32-26-48-43(49-27-32)30-16-7-5-8-17-30)52-46(54-47)33-28-50-44(51-29-33)31-18-9-6-10-19-31/h3-29H,1-2H3/b15-3-,34-4+. The summed E-state index contributed by atoms with van der Waals surface area (Å²) in [7, 11) is 0. The van der Waals surface area contributed by atoms with Gasteiger partial charge in [-0.1, -0.05) is 121 Å². The van der Waals surface area contributed by atoms with Gasteiger partial charge in [0.25, 0.3) is 0 Å². The lowest BCUT2D eigenvalue weighted by Gasteiger charge is -2.13. The van der Waals surface area contributed by atoms with Gasteiger partial charge in [0.1, 0.15) is 0 Å². The minimum absolute atomic E-state index is 0.429. The topological polar surface area (TPSA) is 100 Å². The third kappa shape index (κ3) is 5.44. The molecule has 0 aliphatic rings. The van der Waals surface area contributed by atoms with Crippen molar-refractivity contribution in [2.24, 2.45) is 0 Å². The van der Waals surface area contributed by atoms with Crippen LogP contribution >= 0.6 is 0 Å². The predicted octanol–water partition coefficient (Wildman–Crippen LogP) is 10.8. The van der Waals surface area contributed by atoms with E-state index in [0.29, 0.717) is 40.4 Å². The summed E-state index contributed by atoms with van der Waals surface area (Å²) in [4.78, 5) is 34.4. The molecule has 0 N–H and O–H groups in total. The molecule has 10 rings (SSSR count). The van der Waals surface area contributed by atoms with Crippen LogP contribution in [-0.2, 0) is 0 Å². The van der Waals surface area contributed by atoms with Gasteiger partial charge in [-0.15, -0.1) is 0 Å². The summed E-state index contributed by atoms with van der Waals surface area (Å²) in [5.74, 6) is 2.55. The Labute approximate surface area is 322 Å². The minimum Gasteiger partial charge on any atom is -0.308 e. The van der Waals surface area contributed by atoms with Crippen LogP contribution in [0.3, 0.4) is 0 Å². The first-order valence-electron chi connectivity index (χ1n) is 18.5. The fraction of sp³-hybridized carbons (Fsp3) is 0.0426. The number of hydrogen-bond acceptors (Lipinski definition) is 7. The average molecular weight is 724 g/mol. The molecule has 0 saturated carbocycles. The summed E-state index contributed by atoms with van der Waals surface area (Å²) in [5.41, 5.74) is 8.34. The summed E-state index contributed by atoms with van der Waals surface area (Å²) >= 11 is 0. The monoisotopic (exact) mass is 723 g/mol. The van der Waals surface area contributed by atoms with Crippen molar-refractivity contribution < 1.29 is 0 Å². The van der Waals surface area contributed by atoms with Gasteiger partial charge < -0.3 is 4.57 Å². The molecule has 0 radical (unpaired) electrons. The quantitative estimate of drug-likeness (QED) is 0.151. The Morgan fingerprint density at radius 1 is 0.446 bits per heavy atom. The molecule has 9 nitrogen and oxygen atoms in total. The van der Waals surface area contributed by atoms with Crippen LogP contribution in [0, 0.1) is 0 Å². The number of aromatic nitrogens is 9. The lowest BCUT2D eigenvalue weighted by molar-refractivity contribution is 0.948. The number of fused-ring (bicyclic) bond motifs is 7. The number of nitrogens with zero attached hydrogens (tertiary/aromatic N) is 9. The van der Waals surface area contributed by atoms with Crippen LogP contribution in [0.5, 0.6) is 0 Å². The summed E-state index contributed by atoms with van der Waals surface area (Å²) in [6.45, 7) is 4.12. The third-order valence-electron chi connectivity index (χ3n) is 10.1. The Morgan fingerprint density at radius 2 is 0.929 bits per heavy atom. The number of para-hydroxylation sites is 2. The maximum absolute atomic E-state index is 5.21. The van der Waals surface area contributed by atoms with Gasteiger partial charge in [-0.3, -0.25) is 4.57 Å². The molecule has 10 aromatic rings. The van der Waals surface area contributed by atoms with E-state index in [1.54, 1.807) is 24.8 Å².